The monoisotopic (exact) mass is 448 g/mol. The number of carbonyl (C=O) groups is 2. The predicted octanol–water partition coefficient (Wildman–Crippen LogP) is 6.62. The minimum Gasteiger partial charge on any atom is -0.492 e. The van der Waals surface area contributed by atoms with Crippen molar-refractivity contribution in [1.29, 1.82) is 0 Å². The maximum Gasteiger partial charge on any atom is 0.224 e. The first kappa shape index (κ1) is 26.1. The molecule has 176 valence electrons. The number of rotatable bonds is 9. The van der Waals surface area contributed by atoms with E-state index in [0.717, 1.165) is 31.4 Å². The summed E-state index contributed by atoms with van der Waals surface area (Å²) >= 11 is 0. The average Bonchev–Trinajstić information content (AvgIpc) is 2.68. The molecule has 0 fully saturated rings. The lowest BCUT2D eigenvalue weighted by molar-refractivity contribution is -0.120. The Hall–Kier alpha value is -1.20. The van der Waals surface area contributed by atoms with Crippen LogP contribution in [0.2, 0.25) is 16.6 Å². The highest BCUT2D eigenvalue weighted by Crippen LogP contribution is 2.45. The van der Waals surface area contributed by atoms with Crippen LogP contribution < -0.4 is 0 Å². The van der Waals surface area contributed by atoms with E-state index in [-0.39, 0.29) is 29.2 Å². The number of ether oxygens (including phenoxy) is 1. The molecule has 0 N–H and O–H groups in total. The molecule has 0 radical (unpaired) electrons. The third-order valence-corrected chi connectivity index (χ3v) is 14.1. The SMILES string of the molecule is COC1=C(C)C(=O)C2=C(C1=O)[C@@H](C)CC[C@@H]2[C@@H](C)CCO[Si](C(C)C)(C(C)C)C(C)C. The molecular weight excluding hydrogens is 404 g/mol. The summed E-state index contributed by atoms with van der Waals surface area (Å²) in [5, 5.41) is 0. The zero-order valence-electron chi connectivity index (χ0n) is 21.4. The van der Waals surface area contributed by atoms with Crippen molar-refractivity contribution in [1.82, 2.24) is 0 Å². The Morgan fingerprint density at radius 2 is 1.45 bits per heavy atom. The summed E-state index contributed by atoms with van der Waals surface area (Å²) in [6.07, 6.45) is 2.81. The van der Waals surface area contributed by atoms with Crippen LogP contribution in [0.25, 0.3) is 0 Å². The van der Waals surface area contributed by atoms with E-state index in [2.05, 4.69) is 55.4 Å². The van der Waals surface area contributed by atoms with Crippen molar-refractivity contribution in [2.75, 3.05) is 13.7 Å². The van der Waals surface area contributed by atoms with Crippen molar-refractivity contribution in [2.24, 2.45) is 17.8 Å². The molecule has 5 heteroatoms. The average molecular weight is 449 g/mol. The maximum absolute atomic E-state index is 13.3. The molecule has 0 aromatic heterocycles. The summed E-state index contributed by atoms with van der Waals surface area (Å²) in [6.45, 7) is 20.6. The third kappa shape index (κ3) is 4.63. The van der Waals surface area contributed by atoms with Gasteiger partial charge < -0.3 is 9.16 Å². The molecule has 0 bridgehead atoms. The lowest BCUT2D eigenvalue weighted by Crippen LogP contribution is -2.48. The Kier molecular flexibility index (Phi) is 8.54. The molecule has 0 aromatic rings. The van der Waals surface area contributed by atoms with Gasteiger partial charge >= 0.3 is 0 Å². The minimum atomic E-state index is -1.90. The maximum atomic E-state index is 13.3. The van der Waals surface area contributed by atoms with Gasteiger partial charge in [-0.2, -0.15) is 0 Å². The van der Waals surface area contributed by atoms with Gasteiger partial charge in [0.15, 0.2) is 19.9 Å². The van der Waals surface area contributed by atoms with Gasteiger partial charge in [-0.3, -0.25) is 9.59 Å². The molecule has 0 amide bonds. The second-order valence-corrected chi connectivity index (χ2v) is 16.1. The Balaban J connectivity index is 2.23. The molecule has 0 aromatic carbocycles. The van der Waals surface area contributed by atoms with E-state index in [4.69, 9.17) is 9.16 Å². The standard InChI is InChI=1S/C26H44O4Si/c1-15(2)31(16(3)4,17(5)6)30-14-13-18(7)21-12-11-19(8)22-23(21)24(27)20(9)26(29-10)25(22)28/h15-19,21H,11-14H2,1-10H3/t18-,19-,21+/m0/s1. The second kappa shape index (κ2) is 10.2. The number of hydrogen-bond donors (Lipinski definition) is 0. The van der Waals surface area contributed by atoms with Crippen molar-refractivity contribution in [3.05, 3.63) is 22.5 Å². The summed E-state index contributed by atoms with van der Waals surface area (Å²) in [7, 11) is -0.415. The van der Waals surface area contributed by atoms with Gasteiger partial charge in [0, 0.05) is 23.3 Å². The van der Waals surface area contributed by atoms with E-state index >= 15 is 0 Å². The van der Waals surface area contributed by atoms with Crippen LogP contribution in [0.15, 0.2) is 22.5 Å². The van der Waals surface area contributed by atoms with E-state index in [0.29, 0.717) is 33.7 Å². The molecule has 2 aliphatic carbocycles. The lowest BCUT2D eigenvalue weighted by atomic mass is 9.66. The zero-order chi connectivity index (χ0) is 23.7. The summed E-state index contributed by atoms with van der Waals surface area (Å²) in [5.74, 6) is 0.672. The first-order valence-electron chi connectivity index (χ1n) is 12.1. The molecule has 2 aliphatic rings. The van der Waals surface area contributed by atoms with E-state index in [1.54, 1.807) is 6.92 Å². The fraction of sp³-hybridized carbons (Fsp3) is 0.769. The quantitative estimate of drug-likeness (QED) is 0.294. The van der Waals surface area contributed by atoms with Crippen LogP contribution in [-0.2, 0) is 18.8 Å². The summed E-state index contributed by atoms with van der Waals surface area (Å²) in [5.41, 5.74) is 3.60. The van der Waals surface area contributed by atoms with E-state index in [1.165, 1.54) is 7.11 Å². The Morgan fingerprint density at radius 3 is 1.94 bits per heavy atom. The van der Waals surface area contributed by atoms with Gasteiger partial charge in [0.1, 0.15) is 0 Å². The number of Topliss-reactive ketones (excluding diaryl/α,β-unsaturated/α-hetero) is 2. The van der Waals surface area contributed by atoms with E-state index < -0.39 is 8.32 Å². The smallest absolute Gasteiger partial charge is 0.224 e. The number of carbonyl (C=O) groups excluding carboxylic acids is 2. The van der Waals surface area contributed by atoms with Gasteiger partial charge in [0.25, 0.3) is 0 Å². The Morgan fingerprint density at radius 1 is 0.903 bits per heavy atom. The van der Waals surface area contributed by atoms with E-state index in [1.807, 2.05) is 0 Å². The van der Waals surface area contributed by atoms with Crippen molar-refractivity contribution < 1.29 is 18.8 Å². The van der Waals surface area contributed by atoms with Crippen LogP contribution in [-0.4, -0.2) is 33.6 Å². The molecular formula is C26H44O4Si. The Labute approximate surface area is 191 Å². The Bertz CT molecular complexity index is 738. The molecule has 0 saturated heterocycles. The van der Waals surface area contributed by atoms with Crippen LogP contribution in [0.3, 0.4) is 0 Å². The van der Waals surface area contributed by atoms with Crippen molar-refractivity contribution in [2.45, 2.75) is 98.2 Å². The lowest BCUT2D eigenvalue weighted by Gasteiger charge is -2.43. The molecule has 4 nitrogen and oxygen atoms in total. The predicted molar refractivity (Wildman–Crippen MR) is 129 cm³/mol. The summed E-state index contributed by atoms with van der Waals surface area (Å²) in [6, 6.07) is 0. The number of ketones is 2. The fourth-order valence-corrected chi connectivity index (χ4v) is 11.8. The van der Waals surface area contributed by atoms with E-state index in [9.17, 15) is 9.59 Å². The van der Waals surface area contributed by atoms with Gasteiger partial charge in [-0.25, -0.2) is 0 Å². The number of hydrogen-bond acceptors (Lipinski definition) is 4. The first-order valence-corrected chi connectivity index (χ1v) is 14.3. The van der Waals surface area contributed by atoms with Crippen molar-refractivity contribution in [3.63, 3.8) is 0 Å². The highest BCUT2D eigenvalue weighted by molar-refractivity contribution is 6.77. The van der Waals surface area contributed by atoms with Gasteiger partial charge in [0.2, 0.25) is 5.78 Å². The molecule has 2 rings (SSSR count). The minimum absolute atomic E-state index is 0.00558. The molecule has 31 heavy (non-hydrogen) atoms. The molecule has 0 heterocycles. The summed E-state index contributed by atoms with van der Waals surface area (Å²) in [4.78, 5) is 26.3. The number of allylic oxidation sites excluding steroid dienone is 3. The first-order chi connectivity index (χ1) is 14.4. The summed E-state index contributed by atoms with van der Waals surface area (Å²) < 4.78 is 12.1. The molecule has 0 spiro atoms. The molecule has 3 atom stereocenters. The normalized spacial score (nSPS) is 23.9. The van der Waals surface area contributed by atoms with Crippen LogP contribution in [0.4, 0.5) is 0 Å². The van der Waals surface area contributed by atoms with Crippen molar-refractivity contribution in [3.8, 4) is 0 Å². The van der Waals surface area contributed by atoms with Crippen molar-refractivity contribution >= 4 is 19.9 Å². The van der Waals surface area contributed by atoms with Gasteiger partial charge in [-0.05, 0) is 60.6 Å². The zero-order valence-corrected chi connectivity index (χ0v) is 22.4. The number of methoxy groups -OCH3 is 1. The van der Waals surface area contributed by atoms with Crippen LogP contribution in [0, 0.1) is 17.8 Å². The van der Waals surface area contributed by atoms with Gasteiger partial charge in [-0.15, -0.1) is 0 Å². The highest BCUT2D eigenvalue weighted by atomic mass is 28.4. The third-order valence-electron chi connectivity index (χ3n) is 7.96. The van der Waals surface area contributed by atoms with Crippen LogP contribution in [0.1, 0.15) is 81.6 Å². The second-order valence-electron chi connectivity index (χ2n) is 10.7. The highest BCUT2D eigenvalue weighted by Gasteiger charge is 2.46. The molecule has 0 aliphatic heterocycles. The molecule has 0 unspecified atom stereocenters. The molecule has 0 saturated carbocycles. The van der Waals surface area contributed by atoms with Crippen LogP contribution >= 0.6 is 0 Å². The van der Waals surface area contributed by atoms with Gasteiger partial charge in [-0.1, -0.05) is 55.4 Å². The van der Waals surface area contributed by atoms with Gasteiger partial charge in [0.05, 0.1) is 7.11 Å². The van der Waals surface area contributed by atoms with Crippen LogP contribution in [0.5, 0.6) is 0 Å². The topological polar surface area (TPSA) is 52.6 Å². The fourth-order valence-electron chi connectivity index (χ4n) is 6.36. The largest absolute Gasteiger partial charge is 0.492 e.